The molecule has 0 radical (unpaired) electrons. The van der Waals surface area contributed by atoms with Crippen LogP contribution >= 0.6 is 0 Å². The van der Waals surface area contributed by atoms with E-state index < -0.39 is 0 Å². The predicted molar refractivity (Wildman–Crippen MR) is 264 cm³/mol. The number of hydrogen-bond donors (Lipinski definition) is 0. The summed E-state index contributed by atoms with van der Waals surface area (Å²) in [5.74, 6) is 0.306. The minimum Gasteiger partial charge on any atom is -0.331 e. The molecular weight excluding hydrogens is 749 g/mol. The Bertz CT molecular complexity index is 3600. The molecule has 2 unspecified atom stereocenters. The van der Waals surface area contributed by atoms with Crippen LogP contribution < -0.4 is 4.90 Å². The van der Waals surface area contributed by atoms with Crippen molar-refractivity contribution in [3.8, 4) is 39.1 Å². The number of rotatable bonds is 5. The van der Waals surface area contributed by atoms with Crippen molar-refractivity contribution in [1.29, 1.82) is 0 Å². The van der Waals surface area contributed by atoms with Gasteiger partial charge in [0.15, 0.2) is 0 Å². The molecule has 2 atom stereocenters. The molecule has 2 aliphatic rings. The molecule has 0 amide bonds. The van der Waals surface area contributed by atoms with E-state index in [0.717, 1.165) is 5.69 Å². The molecule has 2 nitrogen and oxygen atoms in total. The van der Waals surface area contributed by atoms with Crippen LogP contribution in [0.25, 0.3) is 93.2 Å². The van der Waals surface area contributed by atoms with Gasteiger partial charge in [0.1, 0.15) is 0 Å². The van der Waals surface area contributed by atoms with Gasteiger partial charge in [-0.25, -0.2) is 0 Å². The minimum atomic E-state index is -0.173. The van der Waals surface area contributed by atoms with E-state index in [1.165, 1.54) is 110 Å². The van der Waals surface area contributed by atoms with Crippen LogP contribution in [-0.4, -0.2) is 10.1 Å². The van der Waals surface area contributed by atoms with Gasteiger partial charge in [0.25, 0.3) is 0 Å². The van der Waals surface area contributed by atoms with Crippen molar-refractivity contribution >= 4 is 65.5 Å². The second-order valence-corrected chi connectivity index (χ2v) is 17.5. The molecule has 0 saturated heterocycles. The molecule has 1 aromatic heterocycles. The number of para-hydroxylation sites is 3. The van der Waals surface area contributed by atoms with E-state index in [0.29, 0.717) is 5.92 Å². The van der Waals surface area contributed by atoms with Gasteiger partial charge in [-0.2, -0.15) is 0 Å². The molecule has 1 aliphatic heterocycles. The lowest BCUT2D eigenvalue weighted by molar-refractivity contribution is 0.542. The summed E-state index contributed by atoms with van der Waals surface area (Å²) in [6, 6.07) is 70.2. The number of aromatic nitrogens is 1. The number of anilines is 2. The van der Waals surface area contributed by atoms with Crippen LogP contribution in [0.1, 0.15) is 24.0 Å². The molecule has 0 fully saturated rings. The summed E-state index contributed by atoms with van der Waals surface area (Å²) in [6.07, 6.45) is 9.13. The summed E-state index contributed by atoms with van der Waals surface area (Å²) in [7, 11) is 0. The molecule has 10 aromatic carbocycles. The average Bonchev–Trinajstić information content (AvgIpc) is 3.80. The lowest BCUT2D eigenvalue weighted by Crippen LogP contribution is -2.41. The molecule has 0 spiro atoms. The topological polar surface area (TPSA) is 8.17 Å². The Labute approximate surface area is 361 Å². The van der Waals surface area contributed by atoms with E-state index in [1.54, 1.807) is 0 Å². The highest BCUT2D eigenvalue weighted by atomic mass is 15.2. The highest BCUT2D eigenvalue weighted by Gasteiger charge is 2.46. The smallest absolute Gasteiger partial charge is 0.0712 e. The van der Waals surface area contributed by atoms with Crippen molar-refractivity contribution in [2.45, 2.75) is 25.3 Å². The maximum absolute atomic E-state index is 2.54. The van der Waals surface area contributed by atoms with Crippen LogP contribution in [0, 0.1) is 6.92 Å². The van der Waals surface area contributed by atoms with Gasteiger partial charge in [-0.05, 0) is 139 Å². The Morgan fingerprint density at radius 2 is 1.05 bits per heavy atom. The van der Waals surface area contributed by atoms with Gasteiger partial charge in [0.2, 0.25) is 0 Å². The first-order valence-electron chi connectivity index (χ1n) is 21.8. The Hall–Kier alpha value is -7.68. The second-order valence-electron chi connectivity index (χ2n) is 17.5. The Morgan fingerprint density at radius 1 is 0.452 bits per heavy atom. The normalized spacial score (nSPS) is 16.9. The van der Waals surface area contributed by atoms with Gasteiger partial charge in [0, 0.05) is 33.8 Å². The van der Waals surface area contributed by atoms with Crippen molar-refractivity contribution in [1.82, 2.24) is 4.57 Å². The summed E-state index contributed by atoms with van der Waals surface area (Å²) in [5.41, 5.74) is 16.1. The first-order valence-corrected chi connectivity index (χ1v) is 21.8. The summed E-state index contributed by atoms with van der Waals surface area (Å²) >= 11 is 0. The van der Waals surface area contributed by atoms with Crippen molar-refractivity contribution in [2.75, 3.05) is 4.90 Å². The molecule has 11 aromatic rings. The second kappa shape index (κ2) is 13.2. The van der Waals surface area contributed by atoms with E-state index >= 15 is 0 Å². The van der Waals surface area contributed by atoms with Gasteiger partial charge in [-0.1, -0.05) is 164 Å². The standard InChI is InChI=1S/C60H42N2/c1-38-13-3-4-14-44(38)53-37-52(40-24-30-43(31-25-40)62-57-21-10-7-17-51(57)54-18-11-12-36-60(54,62)2)49-33-27-41-26-32-45(48-34-35-50(53)59(49)58(41)48)39-22-28-42(29-23-39)61-55-19-8-5-15-46(55)47-16-6-9-20-56(47)61/h3-37,54H,1-2H3. The zero-order valence-corrected chi connectivity index (χ0v) is 34.7. The van der Waals surface area contributed by atoms with Crippen molar-refractivity contribution in [3.63, 3.8) is 0 Å². The summed E-state index contributed by atoms with van der Waals surface area (Å²) in [6.45, 7) is 4.61. The molecular formula is C60H42N2. The van der Waals surface area contributed by atoms with Gasteiger partial charge in [-0.3, -0.25) is 0 Å². The zero-order valence-electron chi connectivity index (χ0n) is 34.7. The number of hydrogen-bond acceptors (Lipinski definition) is 1. The fourth-order valence-electron chi connectivity index (χ4n) is 11.3. The van der Waals surface area contributed by atoms with Crippen LogP contribution in [0.3, 0.4) is 0 Å². The number of allylic oxidation sites excluding steroid dienone is 2. The van der Waals surface area contributed by atoms with Gasteiger partial charge < -0.3 is 9.47 Å². The zero-order chi connectivity index (χ0) is 41.1. The van der Waals surface area contributed by atoms with Gasteiger partial charge in [0.05, 0.1) is 16.6 Å². The first kappa shape index (κ1) is 35.1. The van der Waals surface area contributed by atoms with E-state index in [1.807, 2.05) is 0 Å². The number of fused-ring (bicyclic) bond motifs is 6. The quantitative estimate of drug-likeness (QED) is 0.158. The average molecular weight is 791 g/mol. The molecule has 0 N–H and O–H groups in total. The molecule has 2 heteroatoms. The summed E-state index contributed by atoms with van der Waals surface area (Å²) < 4.78 is 2.39. The number of aryl methyl sites for hydroxylation is 1. The fraction of sp³-hybridized carbons (Fsp3) is 0.0667. The summed E-state index contributed by atoms with van der Waals surface area (Å²) in [4.78, 5) is 2.54. The third-order valence-corrected chi connectivity index (χ3v) is 14.1. The highest BCUT2D eigenvalue weighted by Crippen LogP contribution is 2.54. The molecule has 62 heavy (non-hydrogen) atoms. The molecule has 0 saturated carbocycles. The van der Waals surface area contributed by atoms with Crippen molar-refractivity contribution in [2.24, 2.45) is 0 Å². The molecule has 1 aliphatic carbocycles. The van der Waals surface area contributed by atoms with E-state index in [9.17, 15) is 0 Å². The van der Waals surface area contributed by atoms with Gasteiger partial charge in [-0.15, -0.1) is 0 Å². The number of nitrogens with zero attached hydrogens (tertiary/aromatic N) is 2. The molecule has 13 rings (SSSR count). The van der Waals surface area contributed by atoms with Crippen LogP contribution in [0.15, 0.2) is 212 Å². The minimum absolute atomic E-state index is 0.173. The lowest BCUT2D eigenvalue weighted by atomic mass is 9.80. The van der Waals surface area contributed by atoms with E-state index in [2.05, 4.69) is 236 Å². The lowest BCUT2D eigenvalue weighted by Gasteiger charge is -2.39. The SMILES string of the molecule is Cc1ccccc1-c1cc(-c2ccc(N3c4ccccc4C4C=CC=CC43C)cc2)c2ccc3ccc(-c4ccc(-n5c6ccccc6c6ccccc65)cc4)c4ccc1c2c34. The van der Waals surface area contributed by atoms with Crippen molar-refractivity contribution < 1.29 is 0 Å². The first-order chi connectivity index (χ1) is 30.5. The van der Waals surface area contributed by atoms with Crippen LogP contribution in [-0.2, 0) is 0 Å². The largest absolute Gasteiger partial charge is 0.331 e. The third-order valence-electron chi connectivity index (χ3n) is 14.1. The van der Waals surface area contributed by atoms with Crippen LogP contribution in [0.4, 0.5) is 11.4 Å². The maximum atomic E-state index is 2.54. The van der Waals surface area contributed by atoms with E-state index in [4.69, 9.17) is 0 Å². The number of benzene rings is 10. The maximum Gasteiger partial charge on any atom is 0.0712 e. The Balaban J connectivity index is 0.979. The van der Waals surface area contributed by atoms with Crippen LogP contribution in [0.2, 0.25) is 0 Å². The third kappa shape index (κ3) is 4.92. The fourth-order valence-corrected chi connectivity index (χ4v) is 11.3. The molecule has 2 heterocycles. The predicted octanol–water partition coefficient (Wildman–Crippen LogP) is 16.1. The monoisotopic (exact) mass is 790 g/mol. The Kier molecular flexibility index (Phi) is 7.45. The molecule has 292 valence electrons. The molecule has 0 bridgehead atoms. The van der Waals surface area contributed by atoms with E-state index in [-0.39, 0.29) is 5.54 Å². The van der Waals surface area contributed by atoms with Gasteiger partial charge >= 0.3 is 0 Å². The Morgan fingerprint density at radius 3 is 1.81 bits per heavy atom. The van der Waals surface area contributed by atoms with Crippen LogP contribution in [0.5, 0.6) is 0 Å². The highest BCUT2D eigenvalue weighted by molar-refractivity contribution is 6.30. The summed E-state index contributed by atoms with van der Waals surface area (Å²) in [5, 5.41) is 10.3. The van der Waals surface area contributed by atoms with Crippen molar-refractivity contribution in [3.05, 3.63) is 223 Å².